The molecule has 1 atom stereocenters. The predicted molar refractivity (Wildman–Crippen MR) is 134 cm³/mol. The van der Waals surface area contributed by atoms with E-state index in [1.54, 1.807) is 6.20 Å². The number of ether oxygens (including phenoxy) is 1. The molecule has 3 aromatic rings. The second kappa shape index (κ2) is 9.79. The lowest BCUT2D eigenvalue weighted by Gasteiger charge is -2.36. The van der Waals surface area contributed by atoms with E-state index in [1.807, 2.05) is 54.3 Å². The first kappa shape index (κ1) is 23.7. The van der Waals surface area contributed by atoms with Crippen LogP contribution in [0.3, 0.4) is 0 Å². The number of amides is 1. The van der Waals surface area contributed by atoms with Crippen molar-refractivity contribution in [3.05, 3.63) is 65.9 Å². The van der Waals surface area contributed by atoms with Crippen LogP contribution < -0.4 is 9.64 Å². The summed E-state index contributed by atoms with van der Waals surface area (Å²) in [5.74, 6) is 1.60. The highest BCUT2D eigenvalue weighted by atomic mass is 16.5. The quantitative estimate of drug-likeness (QED) is 0.568. The van der Waals surface area contributed by atoms with Crippen LogP contribution in [0, 0.1) is 6.92 Å². The van der Waals surface area contributed by atoms with Crippen LogP contribution in [-0.2, 0) is 10.2 Å². The van der Waals surface area contributed by atoms with Gasteiger partial charge in [-0.3, -0.25) is 9.78 Å². The molecule has 3 heterocycles. The number of pyridine rings is 1. The summed E-state index contributed by atoms with van der Waals surface area (Å²) in [6.07, 6.45) is 1.20. The Morgan fingerprint density at radius 2 is 1.74 bits per heavy atom. The summed E-state index contributed by atoms with van der Waals surface area (Å²) in [5, 5.41) is 8.72. The summed E-state index contributed by atoms with van der Waals surface area (Å²) in [6, 6.07) is 15.8. The molecular formula is C27H33N5O2. The second-order valence-corrected chi connectivity index (χ2v) is 9.81. The van der Waals surface area contributed by atoms with Crippen molar-refractivity contribution >= 4 is 11.7 Å². The van der Waals surface area contributed by atoms with Gasteiger partial charge in [-0.25, -0.2) is 0 Å². The maximum absolute atomic E-state index is 13.1. The Bertz CT molecular complexity index is 1120. The van der Waals surface area contributed by atoms with Crippen molar-refractivity contribution < 1.29 is 9.53 Å². The Morgan fingerprint density at radius 3 is 2.35 bits per heavy atom. The van der Waals surface area contributed by atoms with Crippen LogP contribution in [0.4, 0.5) is 5.82 Å². The summed E-state index contributed by atoms with van der Waals surface area (Å²) in [7, 11) is 0. The van der Waals surface area contributed by atoms with Crippen molar-refractivity contribution in [1.29, 1.82) is 0 Å². The molecule has 1 amide bonds. The molecule has 2 aromatic heterocycles. The number of benzene rings is 1. The minimum atomic E-state index is -0.548. The zero-order valence-electron chi connectivity index (χ0n) is 20.7. The van der Waals surface area contributed by atoms with Gasteiger partial charge in [-0.05, 0) is 55.2 Å². The number of carbonyl (C=O) groups excluding carboxylic acids is 1. The predicted octanol–water partition coefficient (Wildman–Crippen LogP) is 4.26. The lowest BCUT2D eigenvalue weighted by Crippen LogP contribution is -2.52. The molecule has 1 unspecified atom stereocenters. The summed E-state index contributed by atoms with van der Waals surface area (Å²) >= 11 is 0. The Hall–Kier alpha value is -3.48. The van der Waals surface area contributed by atoms with Gasteiger partial charge in [0, 0.05) is 32.4 Å². The van der Waals surface area contributed by atoms with Crippen LogP contribution in [0.15, 0.2) is 54.7 Å². The van der Waals surface area contributed by atoms with Gasteiger partial charge < -0.3 is 14.5 Å². The molecule has 7 heteroatoms. The van der Waals surface area contributed by atoms with Crippen LogP contribution >= 0.6 is 0 Å². The molecule has 0 bridgehead atoms. The fraction of sp³-hybridized carbons (Fsp3) is 0.407. The molecule has 0 aliphatic carbocycles. The number of piperazine rings is 1. The van der Waals surface area contributed by atoms with E-state index in [4.69, 9.17) is 4.74 Å². The van der Waals surface area contributed by atoms with E-state index in [2.05, 4.69) is 53.8 Å². The van der Waals surface area contributed by atoms with Gasteiger partial charge in [0.15, 0.2) is 11.9 Å². The van der Waals surface area contributed by atoms with Gasteiger partial charge in [-0.2, -0.15) is 0 Å². The molecule has 0 saturated carbocycles. The van der Waals surface area contributed by atoms with Crippen molar-refractivity contribution in [3.63, 3.8) is 0 Å². The Morgan fingerprint density at radius 1 is 0.971 bits per heavy atom. The first-order chi connectivity index (χ1) is 16.2. The molecule has 1 aromatic carbocycles. The zero-order chi connectivity index (χ0) is 24.3. The van der Waals surface area contributed by atoms with Gasteiger partial charge >= 0.3 is 0 Å². The molecule has 178 valence electrons. The van der Waals surface area contributed by atoms with Gasteiger partial charge in [0.1, 0.15) is 11.4 Å². The number of aromatic nitrogens is 3. The molecule has 0 N–H and O–H groups in total. The van der Waals surface area contributed by atoms with Crippen LogP contribution in [0.5, 0.6) is 5.75 Å². The smallest absolute Gasteiger partial charge is 0.263 e. The summed E-state index contributed by atoms with van der Waals surface area (Å²) in [6.45, 7) is 13.0. The van der Waals surface area contributed by atoms with Crippen LogP contribution in [0.25, 0.3) is 11.4 Å². The van der Waals surface area contributed by atoms with Crippen molar-refractivity contribution in [2.75, 3.05) is 31.1 Å². The largest absolute Gasteiger partial charge is 0.481 e. The highest BCUT2D eigenvalue weighted by molar-refractivity contribution is 5.81. The van der Waals surface area contributed by atoms with E-state index in [9.17, 15) is 4.79 Å². The normalized spacial score (nSPS) is 15.2. The third kappa shape index (κ3) is 5.35. The molecule has 0 spiro atoms. The van der Waals surface area contributed by atoms with Crippen molar-refractivity contribution in [2.45, 2.75) is 46.1 Å². The van der Waals surface area contributed by atoms with Gasteiger partial charge in [-0.1, -0.05) is 44.5 Å². The van der Waals surface area contributed by atoms with E-state index >= 15 is 0 Å². The molecule has 0 radical (unpaired) electrons. The molecule has 1 fully saturated rings. The van der Waals surface area contributed by atoms with E-state index < -0.39 is 6.10 Å². The highest BCUT2D eigenvalue weighted by Crippen LogP contribution is 2.33. The number of anilines is 1. The maximum Gasteiger partial charge on any atom is 0.263 e. The van der Waals surface area contributed by atoms with E-state index in [-0.39, 0.29) is 11.3 Å². The SMILES string of the molecule is Cc1ccc(OC(C)C(=O)N2CCN(c3ccc(-c4ccccn4)nn3)CC2)c(C(C)(C)C)c1. The zero-order valence-corrected chi connectivity index (χ0v) is 20.7. The number of nitrogens with zero attached hydrogens (tertiary/aromatic N) is 5. The number of rotatable bonds is 5. The van der Waals surface area contributed by atoms with E-state index in [1.165, 1.54) is 5.56 Å². The van der Waals surface area contributed by atoms with E-state index in [0.29, 0.717) is 26.2 Å². The Kier molecular flexibility index (Phi) is 6.82. The number of carbonyl (C=O) groups is 1. The molecule has 7 nitrogen and oxygen atoms in total. The standard InChI is InChI=1S/C27H33N5O2/c1-19-9-11-24(21(18-19)27(3,4)5)34-20(2)26(33)32-16-14-31(15-17-32)25-12-10-23(29-30-25)22-8-6-7-13-28-22/h6-13,18,20H,14-17H2,1-5H3. The van der Waals surface area contributed by atoms with Crippen LogP contribution in [-0.4, -0.2) is 58.3 Å². The van der Waals surface area contributed by atoms with Crippen molar-refractivity contribution in [1.82, 2.24) is 20.1 Å². The summed E-state index contributed by atoms with van der Waals surface area (Å²) in [5.41, 5.74) is 3.78. The second-order valence-electron chi connectivity index (χ2n) is 9.81. The van der Waals surface area contributed by atoms with Gasteiger partial charge in [-0.15, -0.1) is 10.2 Å². The van der Waals surface area contributed by atoms with Gasteiger partial charge in [0.2, 0.25) is 0 Å². The minimum absolute atomic E-state index is 0.0108. The highest BCUT2D eigenvalue weighted by Gasteiger charge is 2.28. The maximum atomic E-state index is 13.1. The van der Waals surface area contributed by atoms with Crippen molar-refractivity contribution in [2.24, 2.45) is 0 Å². The molecule has 1 saturated heterocycles. The third-order valence-electron chi connectivity index (χ3n) is 6.09. The summed E-state index contributed by atoms with van der Waals surface area (Å²) in [4.78, 5) is 21.5. The van der Waals surface area contributed by atoms with Gasteiger partial charge in [0.25, 0.3) is 5.91 Å². The average Bonchev–Trinajstić information content (AvgIpc) is 2.85. The first-order valence-corrected chi connectivity index (χ1v) is 11.8. The lowest BCUT2D eigenvalue weighted by atomic mass is 9.85. The Labute approximate surface area is 201 Å². The van der Waals surface area contributed by atoms with Crippen LogP contribution in [0.2, 0.25) is 0 Å². The average molecular weight is 460 g/mol. The number of hydrogen-bond donors (Lipinski definition) is 0. The van der Waals surface area contributed by atoms with Gasteiger partial charge in [0.05, 0.1) is 5.69 Å². The minimum Gasteiger partial charge on any atom is -0.481 e. The molecule has 1 aliphatic heterocycles. The molecular weight excluding hydrogens is 426 g/mol. The van der Waals surface area contributed by atoms with E-state index in [0.717, 1.165) is 28.5 Å². The third-order valence-corrected chi connectivity index (χ3v) is 6.09. The summed E-state index contributed by atoms with van der Waals surface area (Å²) < 4.78 is 6.18. The number of hydrogen-bond acceptors (Lipinski definition) is 6. The fourth-order valence-electron chi connectivity index (χ4n) is 4.13. The fourth-order valence-corrected chi connectivity index (χ4v) is 4.13. The molecule has 4 rings (SSSR count). The first-order valence-electron chi connectivity index (χ1n) is 11.8. The molecule has 34 heavy (non-hydrogen) atoms. The van der Waals surface area contributed by atoms with Crippen molar-refractivity contribution in [3.8, 4) is 17.1 Å². The Balaban J connectivity index is 1.36. The monoisotopic (exact) mass is 459 g/mol. The van der Waals surface area contributed by atoms with Crippen LogP contribution in [0.1, 0.15) is 38.8 Å². The topological polar surface area (TPSA) is 71.5 Å². The molecule has 1 aliphatic rings. The number of aryl methyl sites for hydroxylation is 1. The lowest BCUT2D eigenvalue weighted by molar-refractivity contribution is -0.138.